The standard InChI is InChI=1S/C22H27N3O/c26-22(24-12-2-1-3-13-24)19-8-4-7-18(15-19)17-25-14-6-10-21(25)20-9-5-11-23-16-20/h4-5,7-9,11,15-16,21H,1-3,6,10,12-14,17H2/t21-/m0/s1. The highest BCUT2D eigenvalue weighted by molar-refractivity contribution is 5.94. The summed E-state index contributed by atoms with van der Waals surface area (Å²) in [5.41, 5.74) is 3.36. The highest BCUT2D eigenvalue weighted by Gasteiger charge is 2.26. The molecular formula is C22H27N3O. The van der Waals surface area contributed by atoms with Crippen molar-refractivity contribution in [1.29, 1.82) is 0 Å². The molecule has 0 bridgehead atoms. The molecule has 1 atom stereocenters. The molecule has 0 unspecified atom stereocenters. The molecule has 0 aliphatic carbocycles. The van der Waals surface area contributed by atoms with Crippen molar-refractivity contribution in [1.82, 2.24) is 14.8 Å². The maximum Gasteiger partial charge on any atom is 0.253 e. The van der Waals surface area contributed by atoms with E-state index >= 15 is 0 Å². The van der Waals surface area contributed by atoms with Gasteiger partial charge in [-0.05, 0) is 68.0 Å². The minimum atomic E-state index is 0.191. The predicted molar refractivity (Wildman–Crippen MR) is 103 cm³/mol. The second-order valence-corrected chi connectivity index (χ2v) is 7.47. The van der Waals surface area contributed by atoms with Crippen molar-refractivity contribution in [2.75, 3.05) is 19.6 Å². The number of hydrogen-bond donors (Lipinski definition) is 0. The molecular weight excluding hydrogens is 322 g/mol. The van der Waals surface area contributed by atoms with Crippen LogP contribution in [-0.4, -0.2) is 40.3 Å². The average molecular weight is 349 g/mol. The monoisotopic (exact) mass is 349 g/mol. The number of carbonyl (C=O) groups is 1. The van der Waals surface area contributed by atoms with Gasteiger partial charge in [-0.2, -0.15) is 0 Å². The van der Waals surface area contributed by atoms with Gasteiger partial charge in [0.05, 0.1) is 0 Å². The topological polar surface area (TPSA) is 36.4 Å². The van der Waals surface area contributed by atoms with Crippen LogP contribution in [0.15, 0.2) is 48.8 Å². The fourth-order valence-corrected chi connectivity index (χ4v) is 4.28. The quantitative estimate of drug-likeness (QED) is 0.836. The zero-order valence-corrected chi connectivity index (χ0v) is 15.3. The number of piperidine rings is 1. The van der Waals surface area contributed by atoms with Crippen molar-refractivity contribution in [3.8, 4) is 0 Å². The second-order valence-electron chi connectivity index (χ2n) is 7.47. The summed E-state index contributed by atoms with van der Waals surface area (Å²) < 4.78 is 0. The van der Waals surface area contributed by atoms with Crippen molar-refractivity contribution >= 4 is 5.91 Å². The molecule has 1 aromatic carbocycles. The van der Waals surface area contributed by atoms with Crippen LogP contribution in [0, 0.1) is 0 Å². The van der Waals surface area contributed by atoms with Gasteiger partial charge in [-0.1, -0.05) is 18.2 Å². The number of carbonyl (C=O) groups excluding carboxylic acids is 1. The Kier molecular flexibility index (Phi) is 5.30. The lowest BCUT2D eigenvalue weighted by Crippen LogP contribution is -2.35. The van der Waals surface area contributed by atoms with E-state index in [4.69, 9.17) is 0 Å². The summed E-state index contributed by atoms with van der Waals surface area (Å²) in [6.45, 7) is 3.79. The van der Waals surface area contributed by atoms with E-state index in [0.29, 0.717) is 6.04 Å². The highest BCUT2D eigenvalue weighted by Crippen LogP contribution is 2.32. The fraction of sp³-hybridized carbons (Fsp3) is 0.455. The number of likely N-dealkylation sites (tertiary alicyclic amines) is 2. The Bertz CT molecular complexity index is 740. The Labute approximate surface area is 155 Å². The Morgan fingerprint density at radius 2 is 1.92 bits per heavy atom. The Balaban J connectivity index is 1.47. The van der Waals surface area contributed by atoms with Gasteiger partial charge in [-0.15, -0.1) is 0 Å². The number of hydrogen-bond acceptors (Lipinski definition) is 3. The van der Waals surface area contributed by atoms with Crippen molar-refractivity contribution in [3.63, 3.8) is 0 Å². The van der Waals surface area contributed by atoms with E-state index in [0.717, 1.165) is 44.6 Å². The first-order valence-electron chi connectivity index (χ1n) is 9.83. The molecule has 4 rings (SSSR count). The lowest BCUT2D eigenvalue weighted by molar-refractivity contribution is 0.0724. The number of amides is 1. The zero-order chi connectivity index (χ0) is 17.8. The van der Waals surface area contributed by atoms with E-state index in [1.54, 1.807) is 0 Å². The third-order valence-corrected chi connectivity index (χ3v) is 5.64. The van der Waals surface area contributed by atoms with Gasteiger partial charge in [0.25, 0.3) is 5.91 Å². The molecule has 2 aliphatic rings. The molecule has 1 amide bonds. The molecule has 0 N–H and O–H groups in total. The number of benzene rings is 1. The second kappa shape index (κ2) is 8.00. The predicted octanol–water partition coefficient (Wildman–Crippen LogP) is 4.04. The molecule has 2 aromatic rings. The number of pyridine rings is 1. The third kappa shape index (κ3) is 3.80. The lowest BCUT2D eigenvalue weighted by atomic mass is 10.0. The SMILES string of the molecule is O=C(c1cccc(CN2CCC[C@H]2c2cccnc2)c1)N1CCCCC1. The first kappa shape index (κ1) is 17.2. The van der Waals surface area contributed by atoms with Crippen LogP contribution in [0.4, 0.5) is 0 Å². The van der Waals surface area contributed by atoms with E-state index in [1.165, 1.54) is 30.4 Å². The molecule has 2 fully saturated rings. The van der Waals surface area contributed by atoms with Crippen LogP contribution in [0.25, 0.3) is 0 Å². The van der Waals surface area contributed by atoms with Gasteiger partial charge >= 0.3 is 0 Å². The van der Waals surface area contributed by atoms with Gasteiger partial charge < -0.3 is 4.90 Å². The van der Waals surface area contributed by atoms with Crippen LogP contribution in [0.2, 0.25) is 0 Å². The minimum Gasteiger partial charge on any atom is -0.339 e. The van der Waals surface area contributed by atoms with Crippen molar-refractivity contribution < 1.29 is 4.79 Å². The van der Waals surface area contributed by atoms with Gasteiger partial charge in [-0.25, -0.2) is 0 Å². The fourth-order valence-electron chi connectivity index (χ4n) is 4.28. The van der Waals surface area contributed by atoms with Crippen LogP contribution in [0.1, 0.15) is 59.6 Å². The van der Waals surface area contributed by atoms with Gasteiger partial charge in [0.2, 0.25) is 0 Å². The van der Waals surface area contributed by atoms with Gasteiger partial charge in [0, 0.05) is 43.6 Å². The molecule has 3 heterocycles. The van der Waals surface area contributed by atoms with Crippen LogP contribution >= 0.6 is 0 Å². The molecule has 4 heteroatoms. The summed E-state index contributed by atoms with van der Waals surface area (Å²) in [6, 6.07) is 12.9. The number of rotatable bonds is 4. The lowest BCUT2D eigenvalue weighted by Gasteiger charge is -2.27. The van der Waals surface area contributed by atoms with Gasteiger partial charge in [0.1, 0.15) is 0 Å². The van der Waals surface area contributed by atoms with E-state index in [1.807, 2.05) is 35.5 Å². The van der Waals surface area contributed by atoms with Crippen LogP contribution < -0.4 is 0 Å². The molecule has 0 saturated carbocycles. The summed E-state index contributed by atoms with van der Waals surface area (Å²) in [4.78, 5) is 21.6. The summed E-state index contributed by atoms with van der Waals surface area (Å²) in [5, 5.41) is 0. The summed E-state index contributed by atoms with van der Waals surface area (Å²) in [5.74, 6) is 0.191. The van der Waals surface area contributed by atoms with Crippen molar-refractivity contribution in [2.24, 2.45) is 0 Å². The highest BCUT2D eigenvalue weighted by atomic mass is 16.2. The largest absolute Gasteiger partial charge is 0.339 e. The van der Waals surface area contributed by atoms with E-state index in [2.05, 4.69) is 28.1 Å². The molecule has 2 saturated heterocycles. The Morgan fingerprint density at radius 1 is 1.04 bits per heavy atom. The average Bonchev–Trinajstić information content (AvgIpc) is 3.17. The number of nitrogens with zero attached hydrogens (tertiary/aromatic N) is 3. The summed E-state index contributed by atoms with van der Waals surface area (Å²) in [6.07, 6.45) is 9.72. The molecule has 26 heavy (non-hydrogen) atoms. The molecule has 2 aliphatic heterocycles. The summed E-state index contributed by atoms with van der Waals surface area (Å²) in [7, 11) is 0. The van der Waals surface area contributed by atoms with Crippen molar-refractivity contribution in [3.05, 3.63) is 65.5 Å². The Hall–Kier alpha value is -2.20. The van der Waals surface area contributed by atoms with E-state index in [-0.39, 0.29) is 5.91 Å². The van der Waals surface area contributed by atoms with Crippen molar-refractivity contribution in [2.45, 2.75) is 44.7 Å². The van der Waals surface area contributed by atoms with Crippen LogP contribution in [0.3, 0.4) is 0 Å². The van der Waals surface area contributed by atoms with Crippen LogP contribution in [0.5, 0.6) is 0 Å². The van der Waals surface area contributed by atoms with Gasteiger partial charge in [-0.3, -0.25) is 14.7 Å². The molecule has 1 aromatic heterocycles. The third-order valence-electron chi connectivity index (χ3n) is 5.64. The maximum absolute atomic E-state index is 12.8. The molecule has 4 nitrogen and oxygen atoms in total. The smallest absolute Gasteiger partial charge is 0.253 e. The van der Waals surface area contributed by atoms with Crippen LogP contribution in [-0.2, 0) is 6.54 Å². The molecule has 0 spiro atoms. The molecule has 136 valence electrons. The van der Waals surface area contributed by atoms with E-state index in [9.17, 15) is 4.79 Å². The minimum absolute atomic E-state index is 0.191. The first-order chi connectivity index (χ1) is 12.8. The normalized spacial score (nSPS) is 21.1. The summed E-state index contributed by atoms with van der Waals surface area (Å²) >= 11 is 0. The maximum atomic E-state index is 12.8. The zero-order valence-electron chi connectivity index (χ0n) is 15.3. The first-order valence-corrected chi connectivity index (χ1v) is 9.83. The van der Waals surface area contributed by atoms with E-state index < -0.39 is 0 Å². The molecule has 0 radical (unpaired) electrons. The number of aromatic nitrogens is 1. The van der Waals surface area contributed by atoms with Gasteiger partial charge in [0.15, 0.2) is 0 Å². The Morgan fingerprint density at radius 3 is 2.73 bits per heavy atom.